The highest BCUT2D eigenvalue weighted by atomic mass is 32.2. The van der Waals surface area contributed by atoms with Crippen molar-refractivity contribution < 1.29 is 9.53 Å². The molecule has 1 aliphatic rings. The summed E-state index contributed by atoms with van der Waals surface area (Å²) < 4.78 is 5.87. The second kappa shape index (κ2) is 9.83. The van der Waals surface area contributed by atoms with E-state index in [4.69, 9.17) is 10.5 Å². The van der Waals surface area contributed by atoms with Gasteiger partial charge in [0, 0.05) is 5.69 Å². The predicted octanol–water partition coefficient (Wildman–Crippen LogP) is 3.66. The van der Waals surface area contributed by atoms with Gasteiger partial charge in [0.05, 0.1) is 12.6 Å². The van der Waals surface area contributed by atoms with E-state index in [0.29, 0.717) is 12.3 Å². The van der Waals surface area contributed by atoms with Gasteiger partial charge < -0.3 is 15.8 Å². The molecular formula is C18H28N2O2S. The average molecular weight is 337 g/mol. The summed E-state index contributed by atoms with van der Waals surface area (Å²) in [6.07, 6.45) is 9.28. The minimum atomic E-state index is -0.454. The van der Waals surface area contributed by atoms with E-state index in [-0.39, 0.29) is 5.91 Å². The summed E-state index contributed by atoms with van der Waals surface area (Å²) in [6.45, 7) is 0.797. The van der Waals surface area contributed by atoms with E-state index in [9.17, 15) is 4.79 Å². The second-order valence-corrected chi connectivity index (χ2v) is 7.20. The van der Waals surface area contributed by atoms with Gasteiger partial charge in [0.1, 0.15) is 5.75 Å². The standard InChI is InChI=1S/C18H28N2O2S/c1-23-12-11-17(19)18(21)20-15-7-9-16(10-8-15)22-13-14-5-3-2-4-6-14/h7-10,14,17H,2-6,11-13,19H2,1H3,(H,20,21)/t17-/m0/s1. The van der Waals surface area contributed by atoms with E-state index in [0.717, 1.165) is 23.8 Å². The molecule has 0 spiro atoms. The van der Waals surface area contributed by atoms with Crippen molar-refractivity contribution in [2.75, 3.05) is 23.9 Å². The van der Waals surface area contributed by atoms with Gasteiger partial charge in [-0.25, -0.2) is 0 Å². The summed E-state index contributed by atoms with van der Waals surface area (Å²) in [7, 11) is 0. The van der Waals surface area contributed by atoms with E-state index in [1.807, 2.05) is 30.5 Å². The van der Waals surface area contributed by atoms with Crippen LogP contribution in [-0.4, -0.2) is 30.6 Å². The zero-order valence-electron chi connectivity index (χ0n) is 13.9. The smallest absolute Gasteiger partial charge is 0.241 e. The molecule has 23 heavy (non-hydrogen) atoms. The van der Waals surface area contributed by atoms with Crippen LogP contribution < -0.4 is 15.8 Å². The third-order valence-electron chi connectivity index (χ3n) is 4.30. The first-order chi connectivity index (χ1) is 11.2. The zero-order chi connectivity index (χ0) is 16.5. The molecule has 0 bridgehead atoms. The van der Waals surface area contributed by atoms with Gasteiger partial charge in [0.25, 0.3) is 0 Å². The number of ether oxygens (including phenoxy) is 1. The largest absolute Gasteiger partial charge is 0.493 e. The van der Waals surface area contributed by atoms with Gasteiger partial charge in [0.15, 0.2) is 0 Å². The molecule has 1 amide bonds. The van der Waals surface area contributed by atoms with Crippen LogP contribution in [0.25, 0.3) is 0 Å². The average Bonchev–Trinajstić information content (AvgIpc) is 2.60. The molecule has 1 atom stereocenters. The number of amides is 1. The van der Waals surface area contributed by atoms with E-state index in [2.05, 4.69) is 5.32 Å². The fourth-order valence-electron chi connectivity index (χ4n) is 2.81. The molecule has 0 radical (unpaired) electrons. The Kier molecular flexibility index (Phi) is 7.76. The topological polar surface area (TPSA) is 64.4 Å². The second-order valence-electron chi connectivity index (χ2n) is 6.22. The Hall–Kier alpha value is -1.20. The van der Waals surface area contributed by atoms with Crippen molar-refractivity contribution in [1.29, 1.82) is 0 Å². The Morgan fingerprint density at radius 1 is 1.30 bits per heavy atom. The number of hydrogen-bond acceptors (Lipinski definition) is 4. The molecule has 5 heteroatoms. The van der Waals surface area contributed by atoms with Gasteiger partial charge >= 0.3 is 0 Å². The summed E-state index contributed by atoms with van der Waals surface area (Å²) in [5.74, 6) is 2.32. The van der Waals surface area contributed by atoms with Gasteiger partial charge in [-0.05, 0) is 61.5 Å². The van der Waals surface area contributed by atoms with E-state index < -0.39 is 6.04 Å². The van der Waals surface area contributed by atoms with Crippen LogP contribution in [0.15, 0.2) is 24.3 Å². The summed E-state index contributed by atoms with van der Waals surface area (Å²) in [5, 5.41) is 2.85. The zero-order valence-corrected chi connectivity index (χ0v) is 14.7. The van der Waals surface area contributed by atoms with Crippen LogP contribution in [0, 0.1) is 5.92 Å². The third kappa shape index (κ3) is 6.43. The number of carbonyl (C=O) groups excluding carboxylic acids is 1. The molecule has 0 heterocycles. The van der Waals surface area contributed by atoms with Gasteiger partial charge in [-0.15, -0.1) is 0 Å². The predicted molar refractivity (Wildman–Crippen MR) is 98.1 cm³/mol. The first-order valence-corrected chi connectivity index (χ1v) is 9.86. The quantitative estimate of drug-likeness (QED) is 0.760. The van der Waals surface area contributed by atoms with Crippen molar-refractivity contribution in [1.82, 2.24) is 0 Å². The van der Waals surface area contributed by atoms with Crippen LogP contribution in [0.4, 0.5) is 5.69 Å². The number of nitrogens with two attached hydrogens (primary N) is 1. The monoisotopic (exact) mass is 336 g/mol. The Morgan fingerprint density at radius 2 is 2.00 bits per heavy atom. The van der Waals surface area contributed by atoms with Crippen molar-refractivity contribution in [3.8, 4) is 5.75 Å². The Labute approximate surface area is 143 Å². The minimum absolute atomic E-state index is 0.130. The lowest BCUT2D eigenvalue weighted by molar-refractivity contribution is -0.117. The summed E-state index contributed by atoms with van der Waals surface area (Å²) >= 11 is 1.70. The van der Waals surface area contributed by atoms with E-state index in [1.165, 1.54) is 32.1 Å². The van der Waals surface area contributed by atoms with Crippen LogP contribution in [-0.2, 0) is 4.79 Å². The molecule has 1 aromatic carbocycles. The van der Waals surface area contributed by atoms with Crippen LogP contribution in [0.5, 0.6) is 5.75 Å². The number of nitrogens with one attached hydrogen (secondary N) is 1. The number of benzene rings is 1. The maximum Gasteiger partial charge on any atom is 0.241 e. The van der Waals surface area contributed by atoms with Gasteiger partial charge in [0.2, 0.25) is 5.91 Å². The summed E-state index contributed by atoms with van der Waals surface area (Å²) in [4.78, 5) is 12.0. The molecule has 1 aromatic rings. The molecule has 1 saturated carbocycles. The molecule has 0 aromatic heterocycles. The van der Waals surface area contributed by atoms with Gasteiger partial charge in [-0.1, -0.05) is 19.3 Å². The van der Waals surface area contributed by atoms with Crippen LogP contribution >= 0.6 is 11.8 Å². The van der Waals surface area contributed by atoms with Crippen molar-refractivity contribution in [2.24, 2.45) is 11.7 Å². The molecule has 0 unspecified atom stereocenters. The van der Waals surface area contributed by atoms with Crippen LogP contribution in [0.3, 0.4) is 0 Å². The highest BCUT2D eigenvalue weighted by Gasteiger charge is 2.15. The fraction of sp³-hybridized carbons (Fsp3) is 0.611. The molecule has 0 saturated heterocycles. The maximum absolute atomic E-state index is 12.0. The first-order valence-electron chi connectivity index (χ1n) is 8.47. The molecule has 0 aliphatic heterocycles. The number of thioether (sulfide) groups is 1. The Balaban J connectivity index is 1.76. The number of carbonyl (C=O) groups is 1. The minimum Gasteiger partial charge on any atom is -0.493 e. The Bertz CT molecular complexity index is 472. The van der Waals surface area contributed by atoms with Gasteiger partial charge in [-0.2, -0.15) is 11.8 Å². The molecule has 4 nitrogen and oxygen atoms in total. The first kappa shape index (κ1) is 18.1. The SMILES string of the molecule is CSCC[C@H](N)C(=O)Nc1ccc(OCC2CCCCC2)cc1. The van der Waals surface area contributed by atoms with E-state index in [1.54, 1.807) is 11.8 Å². The number of rotatable bonds is 8. The van der Waals surface area contributed by atoms with Crippen molar-refractivity contribution in [3.05, 3.63) is 24.3 Å². The highest BCUT2D eigenvalue weighted by Crippen LogP contribution is 2.25. The fourth-order valence-corrected chi connectivity index (χ4v) is 3.30. The lowest BCUT2D eigenvalue weighted by atomic mass is 9.90. The van der Waals surface area contributed by atoms with Crippen molar-refractivity contribution in [2.45, 2.75) is 44.6 Å². The van der Waals surface area contributed by atoms with Crippen LogP contribution in [0.2, 0.25) is 0 Å². The molecule has 1 aliphatic carbocycles. The summed E-state index contributed by atoms with van der Waals surface area (Å²) in [5.41, 5.74) is 6.62. The number of anilines is 1. The molecule has 1 fully saturated rings. The molecule has 128 valence electrons. The normalized spacial score (nSPS) is 16.8. The highest BCUT2D eigenvalue weighted by molar-refractivity contribution is 7.98. The Morgan fingerprint density at radius 3 is 2.65 bits per heavy atom. The maximum atomic E-state index is 12.0. The lowest BCUT2D eigenvalue weighted by Crippen LogP contribution is -2.36. The molecule has 2 rings (SSSR count). The van der Waals surface area contributed by atoms with Gasteiger partial charge in [-0.3, -0.25) is 4.79 Å². The molecule has 3 N–H and O–H groups in total. The number of hydrogen-bond donors (Lipinski definition) is 2. The molecular weight excluding hydrogens is 308 g/mol. The summed E-state index contributed by atoms with van der Waals surface area (Å²) in [6, 6.07) is 7.10. The van der Waals surface area contributed by atoms with Crippen molar-refractivity contribution in [3.63, 3.8) is 0 Å². The van der Waals surface area contributed by atoms with Crippen LogP contribution in [0.1, 0.15) is 38.5 Å². The van der Waals surface area contributed by atoms with E-state index >= 15 is 0 Å². The van der Waals surface area contributed by atoms with Crippen molar-refractivity contribution >= 4 is 23.4 Å². The lowest BCUT2D eigenvalue weighted by Gasteiger charge is -2.21. The third-order valence-corrected chi connectivity index (χ3v) is 4.95.